The number of nitrogens with one attached hydrogen (secondary N) is 2. The van der Waals surface area contributed by atoms with Crippen LogP contribution >= 0.6 is 0 Å². The number of halogens is 6. The first-order chi connectivity index (χ1) is 15.5. The maximum atomic E-state index is 13.1. The Kier molecular flexibility index (Phi) is 7.90. The van der Waals surface area contributed by atoms with E-state index < -0.39 is 52.6 Å². The number of para-hydroxylation sites is 1. The van der Waals surface area contributed by atoms with Crippen molar-refractivity contribution in [2.24, 2.45) is 0 Å². The van der Waals surface area contributed by atoms with Crippen molar-refractivity contribution in [1.29, 1.82) is 0 Å². The number of ketones is 1. The zero-order valence-corrected chi connectivity index (χ0v) is 18.8. The molecule has 0 fully saturated rings. The van der Waals surface area contributed by atoms with Crippen LogP contribution in [0.15, 0.2) is 42.5 Å². The summed E-state index contributed by atoms with van der Waals surface area (Å²) in [5, 5.41) is 5.19. The normalized spacial score (nSPS) is 13.2. The monoisotopic (exact) mass is 490 g/mol. The lowest BCUT2D eigenvalue weighted by Gasteiger charge is -2.21. The molecule has 2 aromatic carbocycles. The summed E-state index contributed by atoms with van der Waals surface area (Å²) in [6.07, 6.45) is -10.0. The minimum Gasteiger partial charge on any atom is -0.459 e. The summed E-state index contributed by atoms with van der Waals surface area (Å²) >= 11 is 0. The first-order valence-corrected chi connectivity index (χ1v) is 10.1. The van der Waals surface area contributed by atoms with Gasteiger partial charge >= 0.3 is 18.3 Å². The van der Waals surface area contributed by atoms with Gasteiger partial charge in [0.15, 0.2) is 5.78 Å². The van der Waals surface area contributed by atoms with Crippen molar-refractivity contribution < 1.29 is 40.7 Å². The average Bonchev–Trinajstić information content (AvgIpc) is 2.69. The Hall–Kier alpha value is -3.24. The van der Waals surface area contributed by atoms with E-state index in [0.717, 1.165) is 0 Å². The number of alkyl halides is 6. The van der Waals surface area contributed by atoms with Gasteiger partial charge in [-0.1, -0.05) is 12.1 Å². The lowest BCUT2D eigenvalue weighted by Crippen LogP contribution is -2.30. The maximum Gasteiger partial charge on any atom is 0.416 e. The quantitative estimate of drug-likeness (QED) is 0.276. The molecule has 0 bridgehead atoms. The van der Waals surface area contributed by atoms with Gasteiger partial charge in [0, 0.05) is 16.9 Å². The van der Waals surface area contributed by atoms with Crippen molar-refractivity contribution >= 4 is 23.1 Å². The standard InChI is InChI=1S/C23H24F6N2O3/c1-13(31-16-10-14(22(24,25)26)9-15(11-16)23(27,28)29)20(33)17-7-5-6-8-18(17)30-12-19(32)34-21(2,3)4/h5-11,13,30-31H,12H2,1-4H3. The van der Waals surface area contributed by atoms with Gasteiger partial charge in [0.2, 0.25) is 0 Å². The summed E-state index contributed by atoms with van der Waals surface area (Å²) in [6.45, 7) is 6.11. The summed E-state index contributed by atoms with van der Waals surface area (Å²) in [5.41, 5.74) is -3.87. The van der Waals surface area contributed by atoms with Crippen LogP contribution in [-0.4, -0.2) is 29.9 Å². The second-order valence-corrected chi connectivity index (χ2v) is 8.51. The Morgan fingerprint density at radius 2 is 1.44 bits per heavy atom. The Labute approximate surface area is 192 Å². The Balaban J connectivity index is 2.25. The molecule has 0 aliphatic carbocycles. The Morgan fingerprint density at radius 1 is 0.912 bits per heavy atom. The highest BCUT2D eigenvalue weighted by Gasteiger charge is 2.37. The molecule has 0 saturated carbocycles. The second kappa shape index (κ2) is 9.94. The van der Waals surface area contributed by atoms with Gasteiger partial charge in [0.1, 0.15) is 12.1 Å². The molecule has 2 rings (SSSR count). The fourth-order valence-electron chi connectivity index (χ4n) is 2.98. The van der Waals surface area contributed by atoms with Crippen LogP contribution in [0, 0.1) is 0 Å². The molecule has 0 aromatic heterocycles. The molecule has 0 amide bonds. The molecule has 0 aliphatic heterocycles. The number of carbonyl (C=O) groups is 2. The fraction of sp³-hybridized carbons (Fsp3) is 0.391. The van der Waals surface area contributed by atoms with Crippen LogP contribution < -0.4 is 10.6 Å². The zero-order valence-electron chi connectivity index (χ0n) is 18.8. The number of Topliss-reactive ketones (excluding diaryl/α,β-unsaturated/α-hetero) is 1. The van der Waals surface area contributed by atoms with Gasteiger partial charge < -0.3 is 15.4 Å². The van der Waals surface area contributed by atoms with Gasteiger partial charge in [0.25, 0.3) is 0 Å². The first-order valence-electron chi connectivity index (χ1n) is 10.1. The second-order valence-electron chi connectivity index (χ2n) is 8.51. The van der Waals surface area contributed by atoms with Crippen molar-refractivity contribution in [3.8, 4) is 0 Å². The van der Waals surface area contributed by atoms with E-state index >= 15 is 0 Å². The van der Waals surface area contributed by atoms with E-state index in [1.807, 2.05) is 0 Å². The molecule has 0 spiro atoms. The molecule has 1 atom stereocenters. The number of benzene rings is 2. The molecule has 34 heavy (non-hydrogen) atoms. The van der Waals surface area contributed by atoms with E-state index in [1.165, 1.54) is 25.1 Å². The van der Waals surface area contributed by atoms with Crippen LogP contribution in [0.3, 0.4) is 0 Å². The van der Waals surface area contributed by atoms with Gasteiger partial charge in [-0.3, -0.25) is 9.59 Å². The highest BCUT2D eigenvalue weighted by atomic mass is 19.4. The summed E-state index contributed by atoms with van der Waals surface area (Å²) in [4.78, 5) is 24.9. The van der Waals surface area contributed by atoms with Crippen molar-refractivity contribution in [3.05, 3.63) is 59.2 Å². The van der Waals surface area contributed by atoms with Gasteiger partial charge in [-0.05, 0) is 58.0 Å². The number of hydrogen-bond acceptors (Lipinski definition) is 5. The molecule has 11 heteroatoms. The van der Waals surface area contributed by atoms with E-state index in [2.05, 4.69) is 10.6 Å². The third-order valence-electron chi connectivity index (χ3n) is 4.40. The minimum absolute atomic E-state index is 0.00750. The van der Waals surface area contributed by atoms with E-state index in [4.69, 9.17) is 4.74 Å². The molecule has 1 unspecified atom stereocenters. The van der Waals surface area contributed by atoms with Crippen molar-refractivity contribution in [3.63, 3.8) is 0 Å². The lowest BCUT2D eigenvalue weighted by atomic mass is 10.0. The largest absolute Gasteiger partial charge is 0.459 e. The van der Waals surface area contributed by atoms with Crippen LogP contribution in [0.2, 0.25) is 0 Å². The molecule has 186 valence electrons. The van der Waals surface area contributed by atoms with Crippen LogP contribution in [0.25, 0.3) is 0 Å². The van der Waals surface area contributed by atoms with Crippen LogP contribution in [0.4, 0.5) is 37.7 Å². The van der Waals surface area contributed by atoms with E-state index in [0.29, 0.717) is 12.1 Å². The van der Waals surface area contributed by atoms with Gasteiger partial charge in [-0.15, -0.1) is 0 Å². The van der Waals surface area contributed by atoms with E-state index in [9.17, 15) is 35.9 Å². The summed E-state index contributed by atoms with van der Waals surface area (Å²) in [5.74, 6) is -1.19. The Morgan fingerprint density at radius 3 is 1.94 bits per heavy atom. The summed E-state index contributed by atoms with van der Waals surface area (Å²) < 4.78 is 83.7. The third kappa shape index (κ3) is 7.67. The number of anilines is 2. The molecular formula is C23H24F6N2O3. The van der Waals surface area contributed by atoms with Crippen LogP contribution in [0.1, 0.15) is 49.2 Å². The number of hydrogen-bond donors (Lipinski definition) is 2. The SMILES string of the molecule is CC(Nc1cc(C(F)(F)F)cc(C(F)(F)F)c1)C(=O)c1ccccc1NCC(=O)OC(C)(C)C. The molecule has 2 aromatic rings. The molecule has 0 heterocycles. The highest BCUT2D eigenvalue weighted by molar-refractivity contribution is 6.05. The Bertz CT molecular complexity index is 1010. The summed E-state index contributed by atoms with van der Waals surface area (Å²) in [7, 11) is 0. The number of carbonyl (C=O) groups excluding carboxylic acids is 2. The fourth-order valence-corrected chi connectivity index (χ4v) is 2.98. The topological polar surface area (TPSA) is 67.4 Å². The van der Waals surface area contributed by atoms with Crippen LogP contribution in [0.5, 0.6) is 0 Å². The average molecular weight is 490 g/mol. The molecule has 0 saturated heterocycles. The number of esters is 1. The zero-order chi connectivity index (χ0) is 25.9. The lowest BCUT2D eigenvalue weighted by molar-refractivity contribution is -0.152. The molecule has 5 nitrogen and oxygen atoms in total. The van der Waals surface area contributed by atoms with E-state index in [1.54, 1.807) is 26.8 Å². The van der Waals surface area contributed by atoms with Crippen molar-refractivity contribution in [1.82, 2.24) is 0 Å². The molecule has 0 aliphatic rings. The molecule has 0 radical (unpaired) electrons. The smallest absolute Gasteiger partial charge is 0.416 e. The van der Waals surface area contributed by atoms with Crippen molar-refractivity contribution in [2.75, 3.05) is 17.2 Å². The van der Waals surface area contributed by atoms with Crippen LogP contribution in [-0.2, 0) is 21.9 Å². The predicted molar refractivity (Wildman–Crippen MR) is 115 cm³/mol. The molecule has 2 N–H and O–H groups in total. The van der Waals surface area contributed by atoms with Crippen molar-refractivity contribution in [2.45, 2.75) is 51.7 Å². The van der Waals surface area contributed by atoms with Gasteiger partial charge in [-0.25, -0.2) is 0 Å². The van der Waals surface area contributed by atoms with Gasteiger partial charge in [0.05, 0.1) is 17.2 Å². The summed E-state index contributed by atoms with van der Waals surface area (Å²) in [6, 6.07) is 5.89. The predicted octanol–water partition coefficient (Wildman–Crippen LogP) is 6.16. The minimum atomic E-state index is -5.01. The van der Waals surface area contributed by atoms with Gasteiger partial charge in [-0.2, -0.15) is 26.3 Å². The van der Waals surface area contributed by atoms with E-state index in [-0.39, 0.29) is 23.9 Å². The maximum absolute atomic E-state index is 13.1. The number of rotatable bonds is 7. The molecular weight excluding hydrogens is 466 g/mol. The first kappa shape index (κ1) is 27.0. The number of ether oxygens (including phenoxy) is 1. The third-order valence-corrected chi connectivity index (χ3v) is 4.40. The highest BCUT2D eigenvalue weighted by Crippen LogP contribution is 2.37.